The van der Waals surface area contributed by atoms with E-state index in [1.165, 1.54) is 12.1 Å². The first-order valence-corrected chi connectivity index (χ1v) is 10.6. The molecule has 0 atom stereocenters. The van der Waals surface area contributed by atoms with Gasteiger partial charge in [0, 0.05) is 29.4 Å². The molecule has 3 rings (SSSR count). The number of carbonyl (C=O) groups is 2. The van der Waals surface area contributed by atoms with Gasteiger partial charge >= 0.3 is 11.6 Å². The number of carbonyl (C=O) groups excluding carboxylic acids is 2. The van der Waals surface area contributed by atoms with Crippen molar-refractivity contribution in [3.8, 4) is 11.5 Å². The topological polar surface area (TPSA) is 94.8 Å². The minimum atomic E-state index is -0.749. The molecule has 7 nitrogen and oxygen atoms in total. The number of halogens is 1. The summed E-state index contributed by atoms with van der Waals surface area (Å²) in [7, 11) is 0. The molecule has 0 fully saturated rings. The number of hydrogen-bond acceptors (Lipinski definition) is 6. The van der Waals surface area contributed by atoms with Crippen molar-refractivity contribution in [1.29, 1.82) is 0 Å². The summed E-state index contributed by atoms with van der Waals surface area (Å²) in [5, 5.41) is 3.87. The van der Waals surface area contributed by atoms with Crippen molar-refractivity contribution in [1.82, 2.24) is 5.32 Å². The zero-order chi connectivity index (χ0) is 23.1. The molecule has 0 unspecified atom stereocenters. The second-order valence-electron chi connectivity index (χ2n) is 7.63. The number of hydrogen-bond donors (Lipinski definition) is 1. The third-order valence-corrected chi connectivity index (χ3v) is 4.71. The third-order valence-electron chi connectivity index (χ3n) is 4.46. The summed E-state index contributed by atoms with van der Waals surface area (Å²) in [6.07, 6.45) is 0.628. The van der Waals surface area contributed by atoms with Crippen LogP contribution in [0, 0.1) is 5.92 Å². The van der Waals surface area contributed by atoms with Crippen LogP contribution in [0.4, 0.5) is 0 Å². The highest BCUT2D eigenvalue weighted by atomic mass is 35.5. The van der Waals surface area contributed by atoms with Crippen molar-refractivity contribution in [3.05, 3.63) is 69.5 Å². The quantitative estimate of drug-likeness (QED) is 0.218. The second kappa shape index (κ2) is 10.8. The molecule has 0 radical (unpaired) electrons. The fourth-order valence-corrected chi connectivity index (χ4v) is 2.95. The van der Waals surface area contributed by atoms with Gasteiger partial charge in [-0.2, -0.15) is 0 Å². The monoisotopic (exact) mass is 457 g/mol. The van der Waals surface area contributed by atoms with Crippen LogP contribution in [-0.4, -0.2) is 25.0 Å². The average molecular weight is 458 g/mol. The maximum absolute atomic E-state index is 12.2. The van der Waals surface area contributed by atoms with E-state index in [2.05, 4.69) is 5.32 Å². The molecule has 32 heavy (non-hydrogen) atoms. The van der Waals surface area contributed by atoms with Crippen LogP contribution in [0.25, 0.3) is 11.0 Å². The number of ether oxygens (including phenoxy) is 2. The Hall–Kier alpha value is -3.32. The molecule has 0 spiro atoms. The lowest BCUT2D eigenvalue weighted by Gasteiger charge is -2.08. The van der Waals surface area contributed by atoms with Gasteiger partial charge in [0.25, 0.3) is 5.91 Å². The maximum Gasteiger partial charge on any atom is 0.349 e. The number of esters is 1. The van der Waals surface area contributed by atoms with E-state index in [0.717, 1.165) is 0 Å². The lowest BCUT2D eigenvalue weighted by molar-refractivity contribution is -0.134. The Morgan fingerprint density at radius 2 is 1.78 bits per heavy atom. The summed E-state index contributed by atoms with van der Waals surface area (Å²) >= 11 is 5.82. The molecule has 0 aliphatic rings. The van der Waals surface area contributed by atoms with E-state index < -0.39 is 17.5 Å². The zero-order valence-electron chi connectivity index (χ0n) is 17.9. The largest absolute Gasteiger partial charge is 0.494 e. The van der Waals surface area contributed by atoms with Gasteiger partial charge in [0.05, 0.1) is 6.61 Å². The van der Waals surface area contributed by atoms with E-state index in [9.17, 15) is 14.4 Å². The predicted octanol–water partition coefficient (Wildman–Crippen LogP) is 4.60. The minimum absolute atomic E-state index is 0.0661. The lowest BCUT2D eigenvalue weighted by Crippen LogP contribution is -2.31. The first kappa shape index (κ1) is 23.3. The highest BCUT2D eigenvalue weighted by Gasteiger charge is 2.15. The fourth-order valence-electron chi connectivity index (χ4n) is 2.83. The average Bonchev–Trinajstić information content (AvgIpc) is 2.75. The van der Waals surface area contributed by atoms with Crippen molar-refractivity contribution in [2.75, 3.05) is 13.2 Å². The minimum Gasteiger partial charge on any atom is -0.494 e. The van der Waals surface area contributed by atoms with Gasteiger partial charge in [-0.1, -0.05) is 25.4 Å². The fraction of sp³-hybridized carbons (Fsp3) is 0.292. The number of rotatable bonds is 9. The van der Waals surface area contributed by atoms with Crippen LogP contribution in [0.3, 0.4) is 0 Å². The Bertz CT molecular complexity index is 1150. The standard InChI is InChI=1S/C24H24ClNO6/c1-15(2)14-26-23(28)20-12-16-5-8-19(13-21(16)32-24(20)29)31-22(27)4-3-11-30-18-9-6-17(25)7-10-18/h5-10,12-13,15H,3-4,11,14H2,1-2H3,(H,26,28). The molecule has 3 aromatic rings. The van der Waals surface area contributed by atoms with E-state index in [1.807, 2.05) is 13.8 Å². The zero-order valence-corrected chi connectivity index (χ0v) is 18.6. The first-order valence-electron chi connectivity index (χ1n) is 10.3. The third kappa shape index (κ3) is 6.59. The van der Waals surface area contributed by atoms with E-state index >= 15 is 0 Å². The molecule has 0 saturated heterocycles. The molecule has 2 aromatic carbocycles. The Morgan fingerprint density at radius 3 is 2.50 bits per heavy atom. The number of nitrogens with one attached hydrogen (secondary N) is 1. The van der Waals surface area contributed by atoms with E-state index in [0.29, 0.717) is 35.7 Å². The van der Waals surface area contributed by atoms with Crippen LogP contribution >= 0.6 is 11.6 Å². The Morgan fingerprint density at radius 1 is 1.06 bits per heavy atom. The number of fused-ring (bicyclic) bond motifs is 1. The van der Waals surface area contributed by atoms with Gasteiger partial charge in [0.15, 0.2) is 0 Å². The van der Waals surface area contributed by atoms with Crippen LogP contribution in [0.1, 0.15) is 37.0 Å². The molecule has 1 aromatic heterocycles. The van der Waals surface area contributed by atoms with Crippen LogP contribution in [0.2, 0.25) is 5.02 Å². The highest BCUT2D eigenvalue weighted by molar-refractivity contribution is 6.30. The first-order chi connectivity index (χ1) is 15.3. The summed E-state index contributed by atoms with van der Waals surface area (Å²) < 4.78 is 16.1. The van der Waals surface area contributed by atoms with E-state index in [-0.39, 0.29) is 29.2 Å². The number of benzene rings is 2. The van der Waals surface area contributed by atoms with Crippen molar-refractivity contribution in [3.63, 3.8) is 0 Å². The summed E-state index contributed by atoms with van der Waals surface area (Å²) in [6.45, 7) is 4.72. The van der Waals surface area contributed by atoms with Gasteiger partial charge in [0.1, 0.15) is 22.6 Å². The predicted molar refractivity (Wildman–Crippen MR) is 121 cm³/mol. The molecule has 0 aliphatic heterocycles. The van der Waals surface area contributed by atoms with Crippen LogP contribution in [-0.2, 0) is 4.79 Å². The summed E-state index contributed by atoms with van der Waals surface area (Å²) in [4.78, 5) is 36.5. The normalized spacial score (nSPS) is 10.9. The van der Waals surface area contributed by atoms with Gasteiger partial charge in [-0.25, -0.2) is 4.79 Å². The molecular formula is C24H24ClNO6. The molecule has 168 valence electrons. The Labute approximate surface area is 190 Å². The van der Waals surface area contributed by atoms with Crippen molar-refractivity contribution in [2.24, 2.45) is 5.92 Å². The van der Waals surface area contributed by atoms with Gasteiger partial charge < -0.3 is 19.2 Å². The van der Waals surface area contributed by atoms with Gasteiger partial charge in [-0.15, -0.1) is 0 Å². The molecule has 1 amide bonds. The Kier molecular flexibility index (Phi) is 7.89. The van der Waals surface area contributed by atoms with Crippen LogP contribution in [0.15, 0.2) is 57.7 Å². The van der Waals surface area contributed by atoms with Crippen LogP contribution in [0.5, 0.6) is 11.5 Å². The molecule has 1 N–H and O–H groups in total. The summed E-state index contributed by atoms with van der Waals surface area (Å²) in [5.74, 6) is 0.264. The maximum atomic E-state index is 12.2. The Balaban J connectivity index is 1.56. The van der Waals surface area contributed by atoms with Crippen molar-refractivity contribution >= 4 is 34.4 Å². The van der Waals surface area contributed by atoms with Crippen molar-refractivity contribution < 1.29 is 23.5 Å². The molecule has 0 saturated carbocycles. The highest BCUT2D eigenvalue weighted by Crippen LogP contribution is 2.21. The van der Waals surface area contributed by atoms with E-state index in [1.54, 1.807) is 36.4 Å². The summed E-state index contributed by atoms with van der Waals surface area (Å²) in [5.41, 5.74) is -0.586. The SMILES string of the molecule is CC(C)CNC(=O)c1cc2ccc(OC(=O)CCCOc3ccc(Cl)cc3)cc2oc1=O. The molecular weight excluding hydrogens is 434 g/mol. The molecule has 0 aliphatic carbocycles. The summed E-state index contributed by atoms with van der Waals surface area (Å²) in [6, 6.07) is 13.1. The van der Waals surface area contributed by atoms with Gasteiger partial charge in [0.2, 0.25) is 0 Å². The second-order valence-corrected chi connectivity index (χ2v) is 8.07. The molecule has 0 bridgehead atoms. The molecule has 8 heteroatoms. The van der Waals surface area contributed by atoms with Gasteiger partial charge in [-0.05, 0) is 54.8 Å². The lowest BCUT2D eigenvalue weighted by atomic mass is 10.1. The molecule has 1 heterocycles. The smallest absolute Gasteiger partial charge is 0.349 e. The van der Waals surface area contributed by atoms with E-state index in [4.69, 9.17) is 25.5 Å². The van der Waals surface area contributed by atoms with Crippen molar-refractivity contribution in [2.45, 2.75) is 26.7 Å². The van der Waals surface area contributed by atoms with Gasteiger partial charge in [-0.3, -0.25) is 9.59 Å². The van der Waals surface area contributed by atoms with Crippen LogP contribution < -0.4 is 20.4 Å². The number of amides is 1.